The highest BCUT2D eigenvalue weighted by Crippen LogP contribution is 2.60. The van der Waals surface area contributed by atoms with E-state index in [4.69, 9.17) is 0 Å². The summed E-state index contributed by atoms with van der Waals surface area (Å²) in [5.74, 6) is 3.60. The average Bonchev–Trinajstić information content (AvgIpc) is 2.90. The highest BCUT2D eigenvalue weighted by molar-refractivity contribution is 5.83. The zero-order valence-corrected chi connectivity index (χ0v) is 12.7. The number of nitrogens with one attached hydrogen (secondary N) is 2. The Balaban J connectivity index is 1.45. The summed E-state index contributed by atoms with van der Waals surface area (Å²) in [6, 6.07) is 0.338. The Morgan fingerprint density at radius 1 is 1.15 bits per heavy atom. The summed E-state index contributed by atoms with van der Waals surface area (Å²) in [5.41, 5.74) is 0.0229. The first-order chi connectivity index (χ1) is 9.64. The van der Waals surface area contributed by atoms with Crippen LogP contribution in [-0.4, -0.2) is 25.0 Å². The molecule has 4 aliphatic carbocycles. The van der Waals surface area contributed by atoms with Gasteiger partial charge in [0.1, 0.15) is 0 Å². The first kappa shape index (κ1) is 13.1. The largest absolute Gasteiger partial charge is 0.353 e. The van der Waals surface area contributed by atoms with Crippen LogP contribution < -0.4 is 10.6 Å². The molecule has 1 amide bonds. The normalized spacial score (nSPS) is 47.5. The van der Waals surface area contributed by atoms with Gasteiger partial charge in [0.2, 0.25) is 5.91 Å². The van der Waals surface area contributed by atoms with Gasteiger partial charge < -0.3 is 10.6 Å². The monoisotopic (exact) mass is 276 g/mol. The van der Waals surface area contributed by atoms with Crippen LogP contribution in [-0.2, 0) is 4.79 Å². The van der Waals surface area contributed by atoms with E-state index in [1.807, 2.05) is 0 Å². The van der Waals surface area contributed by atoms with Gasteiger partial charge in [-0.2, -0.15) is 0 Å². The Labute approximate surface area is 122 Å². The summed E-state index contributed by atoms with van der Waals surface area (Å²) < 4.78 is 0. The SMILES string of the molecule is CC(NC(=O)C12CC3CC(CC(C3)C1)C2)C1CCNC1. The van der Waals surface area contributed by atoms with E-state index in [-0.39, 0.29) is 5.41 Å². The Kier molecular flexibility index (Phi) is 3.10. The van der Waals surface area contributed by atoms with Gasteiger partial charge in [-0.15, -0.1) is 0 Å². The number of rotatable bonds is 3. The van der Waals surface area contributed by atoms with E-state index in [0.29, 0.717) is 17.9 Å². The molecule has 3 nitrogen and oxygen atoms in total. The van der Waals surface area contributed by atoms with Crippen molar-refractivity contribution in [2.24, 2.45) is 29.1 Å². The molecule has 1 heterocycles. The van der Waals surface area contributed by atoms with Crippen molar-refractivity contribution in [3.8, 4) is 0 Å². The van der Waals surface area contributed by atoms with Gasteiger partial charge in [0, 0.05) is 11.5 Å². The number of hydrogen-bond donors (Lipinski definition) is 2. The summed E-state index contributed by atoms with van der Waals surface area (Å²) in [5, 5.41) is 6.81. The third-order valence-corrected chi connectivity index (χ3v) is 6.68. The fraction of sp³-hybridized carbons (Fsp3) is 0.941. The van der Waals surface area contributed by atoms with E-state index in [9.17, 15) is 4.79 Å². The minimum absolute atomic E-state index is 0.0229. The molecule has 4 bridgehead atoms. The first-order valence-corrected chi connectivity index (χ1v) is 8.66. The van der Waals surface area contributed by atoms with E-state index in [1.165, 1.54) is 44.9 Å². The van der Waals surface area contributed by atoms with Crippen molar-refractivity contribution in [2.75, 3.05) is 13.1 Å². The van der Waals surface area contributed by atoms with Crippen molar-refractivity contribution in [3.05, 3.63) is 0 Å². The maximum Gasteiger partial charge on any atom is 0.226 e. The molecule has 0 spiro atoms. The Morgan fingerprint density at radius 2 is 1.75 bits per heavy atom. The molecule has 0 aromatic carbocycles. The molecule has 2 atom stereocenters. The van der Waals surface area contributed by atoms with E-state index in [2.05, 4.69) is 17.6 Å². The molecule has 5 aliphatic rings. The number of hydrogen-bond acceptors (Lipinski definition) is 2. The molecule has 5 rings (SSSR count). The van der Waals surface area contributed by atoms with E-state index < -0.39 is 0 Å². The predicted octanol–water partition coefficient (Wildman–Crippen LogP) is 2.32. The van der Waals surface area contributed by atoms with Gasteiger partial charge >= 0.3 is 0 Å². The number of carbonyl (C=O) groups excluding carboxylic acids is 1. The fourth-order valence-corrected chi connectivity index (χ4v) is 5.97. The summed E-state index contributed by atoms with van der Waals surface area (Å²) in [7, 11) is 0. The summed E-state index contributed by atoms with van der Waals surface area (Å²) in [6.45, 7) is 4.39. The smallest absolute Gasteiger partial charge is 0.226 e. The third-order valence-electron chi connectivity index (χ3n) is 6.68. The van der Waals surface area contributed by atoms with Gasteiger partial charge in [-0.25, -0.2) is 0 Å². The van der Waals surface area contributed by atoms with Crippen LogP contribution in [0.1, 0.15) is 51.9 Å². The molecule has 3 heteroatoms. The highest BCUT2D eigenvalue weighted by atomic mass is 16.2. The highest BCUT2D eigenvalue weighted by Gasteiger charge is 2.54. The van der Waals surface area contributed by atoms with Crippen LogP contribution in [0.25, 0.3) is 0 Å². The standard InChI is InChI=1S/C17H28N2O/c1-11(15-2-3-18-10-15)19-16(20)17-7-12-4-13(8-17)6-14(5-12)9-17/h11-15,18H,2-10H2,1H3,(H,19,20). The van der Waals surface area contributed by atoms with Gasteiger partial charge in [-0.05, 0) is 88.6 Å². The van der Waals surface area contributed by atoms with Crippen molar-refractivity contribution in [2.45, 2.75) is 57.9 Å². The van der Waals surface area contributed by atoms with Crippen molar-refractivity contribution >= 4 is 5.91 Å². The molecule has 2 N–H and O–H groups in total. The minimum atomic E-state index is 0.0229. The van der Waals surface area contributed by atoms with Crippen molar-refractivity contribution < 1.29 is 4.79 Å². The molecule has 112 valence electrons. The van der Waals surface area contributed by atoms with Gasteiger partial charge in [-0.3, -0.25) is 4.79 Å². The van der Waals surface area contributed by atoms with Crippen LogP contribution in [0.3, 0.4) is 0 Å². The zero-order chi connectivity index (χ0) is 13.7. The van der Waals surface area contributed by atoms with E-state index >= 15 is 0 Å². The summed E-state index contributed by atoms with van der Waals surface area (Å²) in [4.78, 5) is 12.9. The molecule has 0 aromatic heterocycles. The van der Waals surface area contributed by atoms with Gasteiger partial charge in [0.05, 0.1) is 0 Å². The van der Waals surface area contributed by atoms with Crippen molar-refractivity contribution in [1.82, 2.24) is 10.6 Å². The lowest BCUT2D eigenvalue weighted by Crippen LogP contribution is -2.55. The lowest BCUT2D eigenvalue weighted by molar-refractivity contribution is -0.147. The Morgan fingerprint density at radius 3 is 2.25 bits per heavy atom. The zero-order valence-electron chi connectivity index (χ0n) is 12.7. The maximum atomic E-state index is 12.9. The molecule has 0 aromatic rings. The maximum absolute atomic E-state index is 12.9. The predicted molar refractivity (Wildman–Crippen MR) is 79.2 cm³/mol. The van der Waals surface area contributed by atoms with Gasteiger partial charge in [0.25, 0.3) is 0 Å². The molecule has 1 aliphatic heterocycles. The van der Waals surface area contributed by atoms with Crippen LogP contribution in [0.15, 0.2) is 0 Å². The van der Waals surface area contributed by atoms with Crippen LogP contribution in [0.4, 0.5) is 0 Å². The van der Waals surface area contributed by atoms with E-state index in [0.717, 1.165) is 30.8 Å². The fourth-order valence-electron chi connectivity index (χ4n) is 5.97. The Hall–Kier alpha value is -0.570. The molecule has 2 unspecified atom stereocenters. The number of carbonyl (C=O) groups is 1. The first-order valence-electron chi connectivity index (χ1n) is 8.66. The molecule has 20 heavy (non-hydrogen) atoms. The third kappa shape index (κ3) is 2.09. The molecule has 0 radical (unpaired) electrons. The van der Waals surface area contributed by atoms with Crippen molar-refractivity contribution in [1.29, 1.82) is 0 Å². The lowest BCUT2D eigenvalue weighted by Gasteiger charge is -2.55. The van der Waals surface area contributed by atoms with Crippen LogP contribution in [0.2, 0.25) is 0 Å². The van der Waals surface area contributed by atoms with Crippen LogP contribution in [0, 0.1) is 29.1 Å². The molecular weight excluding hydrogens is 248 g/mol. The minimum Gasteiger partial charge on any atom is -0.353 e. The topological polar surface area (TPSA) is 41.1 Å². The molecule has 1 saturated heterocycles. The summed E-state index contributed by atoms with van der Waals surface area (Å²) >= 11 is 0. The van der Waals surface area contributed by atoms with Gasteiger partial charge in [0.15, 0.2) is 0 Å². The lowest BCUT2D eigenvalue weighted by atomic mass is 9.49. The van der Waals surface area contributed by atoms with Crippen LogP contribution >= 0.6 is 0 Å². The van der Waals surface area contributed by atoms with E-state index in [1.54, 1.807) is 0 Å². The summed E-state index contributed by atoms with van der Waals surface area (Å²) in [6.07, 6.45) is 8.99. The second-order valence-electron chi connectivity index (χ2n) is 8.21. The van der Waals surface area contributed by atoms with Crippen LogP contribution in [0.5, 0.6) is 0 Å². The van der Waals surface area contributed by atoms with Crippen molar-refractivity contribution in [3.63, 3.8) is 0 Å². The molecule has 4 saturated carbocycles. The Bertz CT molecular complexity index is 365. The molecular formula is C17H28N2O. The average molecular weight is 276 g/mol. The molecule has 5 fully saturated rings. The second kappa shape index (κ2) is 4.72. The second-order valence-corrected chi connectivity index (χ2v) is 8.21. The quantitative estimate of drug-likeness (QED) is 0.830. The number of amides is 1. The van der Waals surface area contributed by atoms with Gasteiger partial charge in [-0.1, -0.05) is 0 Å².